The highest BCUT2D eigenvalue weighted by molar-refractivity contribution is 5.17. The van der Waals surface area contributed by atoms with E-state index in [1.807, 2.05) is 37.3 Å². The van der Waals surface area contributed by atoms with Crippen LogP contribution in [-0.2, 0) is 9.47 Å². The molecule has 1 aliphatic rings. The van der Waals surface area contributed by atoms with Crippen molar-refractivity contribution in [2.75, 3.05) is 6.61 Å². The Labute approximate surface area is 103 Å². The standard InChI is InChI=1S/C15H20O2/c1-4-12-10-16-15(17-14(12)11(2)3)13-8-6-5-7-9-13/h5-9,12,14-15H,2,4,10H2,1,3H3/t12-,14+,15-/m0/s1. The Morgan fingerprint density at radius 3 is 2.65 bits per heavy atom. The van der Waals surface area contributed by atoms with Gasteiger partial charge >= 0.3 is 0 Å². The topological polar surface area (TPSA) is 18.5 Å². The van der Waals surface area contributed by atoms with Crippen molar-refractivity contribution in [3.63, 3.8) is 0 Å². The van der Waals surface area contributed by atoms with Crippen LogP contribution in [-0.4, -0.2) is 12.7 Å². The molecule has 0 radical (unpaired) electrons. The van der Waals surface area contributed by atoms with E-state index in [9.17, 15) is 0 Å². The van der Waals surface area contributed by atoms with Crippen LogP contribution < -0.4 is 0 Å². The lowest BCUT2D eigenvalue weighted by Gasteiger charge is -2.36. The van der Waals surface area contributed by atoms with Gasteiger partial charge in [0, 0.05) is 11.5 Å². The molecule has 0 bridgehead atoms. The highest BCUT2D eigenvalue weighted by atomic mass is 16.7. The van der Waals surface area contributed by atoms with Crippen LogP contribution in [0.3, 0.4) is 0 Å². The van der Waals surface area contributed by atoms with E-state index >= 15 is 0 Å². The van der Waals surface area contributed by atoms with Gasteiger partial charge in [-0.1, -0.05) is 49.4 Å². The molecule has 17 heavy (non-hydrogen) atoms. The van der Waals surface area contributed by atoms with E-state index in [1.165, 1.54) is 0 Å². The summed E-state index contributed by atoms with van der Waals surface area (Å²) in [6.45, 7) is 8.96. The summed E-state index contributed by atoms with van der Waals surface area (Å²) in [5.41, 5.74) is 2.16. The van der Waals surface area contributed by atoms with E-state index in [1.54, 1.807) is 0 Å². The molecule has 2 heteroatoms. The Morgan fingerprint density at radius 1 is 1.35 bits per heavy atom. The largest absolute Gasteiger partial charge is 0.348 e. The van der Waals surface area contributed by atoms with Crippen molar-refractivity contribution in [3.8, 4) is 0 Å². The first-order valence-electron chi connectivity index (χ1n) is 6.19. The van der Waals surface area contributed by atoms with Crippen LogP contribution in [0.1, 0.15) is 32.1 Å². The van der Waals surface area contributed by atoms with Gasteiger partial charge in [0.2, 0.25) is 0 Å². The molecule has 92 valence electrons. The van der Waals surface area contributed by atoms with Crippen molar-refractivity contribution in [2.45, 2.75) is 32.7 Å². The molecular formula is C15H20O2. The number of benzene rings is 1. The third kappa shape index (κ3) is 2.76. The molecule has 1 aromatic rings. The fourth-order valence-corrected chi connectivity index (χ4v) is 2.22. The number of hydrogen-bond donors (Lipinski definition) is 0. The summed E-state index contributed by atoms with van der Waals surface area (Å²) in [5, 5.41) is 0. The van der Waals surface area contributed by atoms with Crippen molar-refractivity contribution in [1.82, 2.24) is 0 Å². The summed E-state index contributed by atoms with van der Waals surface area (Å²) in [6.07, 6.45) is 0.915. The maximum atomic E-state index is 6.02. The maximum Gasteiger partial charge on any atom is 0.184 e. The Kier molecular flexibility index (Phi) is 3.97. The molecule has 0 amide bonds. The van der Waals surface area contributed by atoms with Crippen molar-refractivity contribution >= 4 is 0 Å². The van der Waals surface area contributed by atoms with Gasteiger partial charge in [-0.15, -0.1) is 0 Å². The molecule has 0 saturated carbocycles. The van der Waals surface area contributed by atoms with Crippen LogP contribution in [0.2, 0.25) is 0 Å². The second-order valence-corrected chi connectivity index (χ2v) is 4.65. The molecule has 1 aliphatic heterocycles. The second kappa shape index (κ2) is 5.48. The van der Waals surface area contributed by atoms with Crippen LogP contribution in [0.25, 0.3) is 0 Å². The van der Waals surface area contributed by atoms with Gasteiger partial charge in [0.25, 0.3) is 0 Å². The molecule has 0 N–H and O–H groups in total. The molecule has 1 saturated heterocycles. The van der Waals surface area contributed by atoms with E-state index < -0.39 is 0 Å². The molecule has 2 nitrogen and oxygen atoms in total. The number of ether oxygens (including phenoxy) is 2. The molecule has 0 spiro atoms. The Hall–Kier alpha value is -1.12. The molecule has 0 aliphatic carbocycles. The quantitative estimate of drug-likeness (QED) is 0.740. The fourth-order valence-electron chi connectivity index (χ4n) is 2.22. The van der Waals surface area contributed by atoms with Crippen LogP contribution >= 0.6 is 0 Å². The Balaban J connectivity index is 2.11. The fraction of sp³-hybridized carbons (Fsp3) is 0.467. The first-order valence-corrected chi connectivity index (χ1v) is 6.19. The van der Waals surface area contributed by atoms with E-state index in [-0.39, 0.29) is 12.4 Å². The molecule has 1 heterocycles. The zero-order valence-electron chi connectivity index (χ0n) is 10.6. The van der Waals surface area contributed by atoms with Gasteiger partial charge in [-0.05, 0) is 13.3 Å². The zero-order chi connectivity index (χ0) is 12.3. The Bertz CT molecular complexity index is 372. The van der Waals surface area contributed by atoms with Crippen molar-refractivity contribution in [2.24, 2.45) is 5.92 Å². The van der Waals surface area contributed by atoms with E-state index in [0.717, 1.165) is 24.2 Å². The van der Waals surface area contributed by atoms with Gasteiger partial charge in [-0.3, -0.25) is 0 Å². The highest BCUT2D eigenvalue weighted by Gasteiger charge is 2.31. The first-order chi connectivity index (χ1) is 8.22. The molecular weight excluding hydrogens is 212 g/mol. The molecule has 2 rings (SSSR count). The van der Waals surface area contributed by atoms with Crippen molar-refractivity contribution in [1.29, 1.82) is 0 Å². The van der Waals surface area contributed by atoms with Gasteiger partial charge in [0.05, 0.1) is 12.7 Å². The van der Waals surface area contributed by atoms with Gasteiger partial charge in [0.1, 0.15) is 0 Å². The van der Waals surface area contributed by atoms with Crippen molar-refractivity contribution < 1.29 is 9.47 Å². The average molecular weight is 232 g/mol. The van der Waals surface area contributed by atoms with E-state index in [2.05, 4.69) is 13.5 Å². The normalized spacial score (nSPS) is 28.9. The third-order valence-corrected chi connectivity index (χ3v) is 3.24. The summed E-state index contributed by atoms with van der Waals surface area (Å²) in [6, 6.07) is 10.1. The minimum absolute atomic E-state index is 0.110. The van der Waals surface area contributed by atoms with Gasteiger partial charge in [-0.25, -0.2) is 0 Å². The lowest BCUT2D eigenvalue weighted by Crippen LogP contribution is -2.36. The summed E-state index contributed by atoms with van der Waals surface area (Å²) in [5.74, 6) is 0.424. The minimum atomic E-state index is -0.249. The highest BCUT2D eigenvalue weighted by Crippen LogP contribution is 2.33. The molecule has 1 aromatic carbocycles. The monoisotopic (exact) mass is 232 g/mol. The van der Waals surface area contributed by atoms with Crippen LogP contribution in [0.4, 0.5) is 0 Å². The average Bonchev–Trinajstić information content (AvgIpc) is 2.39. The summed E-state index contributed by atoms with van der Waals surface area (Å²) in [4.78, 5) is 0. The maximum absolute atomic E-state index is 6.02. The second-order valence-electron chi connectivity index (χ2n) is 4.65. The zero-order valence-corrected chi connectivity index (χ0v) is 10.6. The number of hydrogen-bond acceptors (Lipinski definition) is 2. The van der Waals surface area contributed by atoms with Gasteiger partial charge < -0.3 is 9.47 Å². The van der Waals surface area contributed by atoms with Crippen molar-refractivity contribution in [3.05, 3.63) is 48.0 Å². The molecule has 0 aromatic heterocycles. The van der Waals surface area contributed by atoms with Crippen LogP contribution in [0, 0.1) is 5.92 Å². The van der Waals surface area contributed by atoms with Gasteiger partial charge in [0.15, 0.2) is 6.29 Å². The summed E-state index contributed by atoms with van der Waals surface area (Å²) < 4.78 is 11.8. The minimum Gasteiger partial charge on any atom is -0.348 e. The molecule has 0 unspecified atom stereocenters. The Morgan fingerprint density at radius 2 is 2.06 bits per heavy atom. The smallest absolute Gasteiger partial charge is 0.184 e. The summed E-state index contributed by atoms with van der Waals surface area (Å²) in [7, 11) is 0. The van der Waals surface area contributed by atoms with E-state index in [0.29, 0.717) is 5.92 Å². The van der Waals surface area contributed by atoms with Gasteiger partial charge in [-0.2, -0.15) is 0 Å². The van der Waals surface area contributed by atoms with Crippen LogP contribution in [0.5, 0.6) is 0 Å². The third-order valence-electron chi connectivity index (χ3n) is 3.24. The first kappa shape index (κ1) is 12.3. The molecule has 1 fully saturated rings. The number of rotatable bonds is 3. The van der Waals surface area contributed by atoms with Crippen LogP contribution in [0.15, 0.2) is 42.5 Å². The van der Waals surface area contributed by atoms with E-state index in [4.69, 9.17) is 9.47 Å². The lowest BCUT2D eigenvalue weighted by atomic mass is 9.94. The molecule has 3 atom stereocenters. The summed E-state index contributed by atoms with van der Waals surface area (Å²) >= 11 is 0. The predicted octanol–water partition coefficient (Wildman–Crippen LogP) is 3.70. The lowest BCUT2D eigenvalue weighted by molar-refractivity contribution is -0.231. The predicted molar refractivity (Wildman–Crippen MR) is 68.6 cm³/mol. The SMILES string of the molecule is C=C(C)[C@H]1O[C@@H](c2ccccc2)OC[C@@H]1CC.